The van der Waals surface area contributed by atoms with Gasteiger partial charge in [0.15, 0.2) is 5.82 Å². The van der Waals surface area contributed by atoms with E-state index in [1.54, 1.807) is 28.2 Å². The first-order valence-electron chi connectivity index (χ1n) is 16.5. The highest BCUT2D eigenvalue weighted by molar-refractivity contribution is 5.91. The summed E-state index contributed by atoms with van der Waals surface area (Å²) in [6.07, 6.45) is 11.8. The highest BCUT2D eigenvalue weighted by atomic mass is 16.2. The second-order valence-electron chi connectivity index (χ2n) is 11.9. The molecule has 1 unspecified atom stereocenters. The average molecular weight is 650 g/mol. The molecule has 0 aliphatic carbocycles. The van der Waals surface area contributed by atoms with E-state index in [4.69, 9.17) is 4.98 Å². The number of amides is 3. The number of pyridine rings is 1. The zero-order valence-electron chi connectivity index (χ0n) is 27.6. The minimum atomic E-state index is -0.201. The van der Waals surface area contributed by atoms with Crippen LogP contribution in [0.25, 0.3) is 11.1 Å². The van der Waals surface area contributed by atoms with E-state index >= 15 is 0 Å². The largest absolute Gasteiger partial charge is 0.354 e. The summed E-state index contributed by atoms with van der Waals surface area (Å²) >= 11 is 0. The molecule has 3 N–H and O–H groups in total. The standard InChI is InChI=1S/C35H43N11O2/c1-3-9-30(42-34-39-23-28(20-36)33(43-34)45-18-15-32(47)37-16-19-45)12-7-8-17-46(35(48)40-21-26-10-5-4-6-11-26)31-14-13-27(22-38-31)29-24-41-44(2)25-29/h4-6,10-11,13-14,22-25,30H,3,7-9,12,15-19,21H2,1-2H3,(H,37,47)(H,40,48)(H,39,42,43). The Morgan fingerprint density at radius 1 is 1.06 bits per heavy atom. The minimum absolute atomic E-state index is 0.00352. The smallest absolute Gasteiger partial charge is 0.323 e. The number of nitriles is 1. The van der Waals surface area contributed by atoms with Gasteiger partial charge in [-0.2, -0.15) is 15.3 Å². The van der Waals surface area contributed by atoms with E-state index in [-0.39, 0.29) is 18.0 Å². The van der Waals surface area contributed by atoms with Crippen molar-refractivity contribution in [3.63, 3.8) is 0 Å². The molecule has 1 atom stereocenters. The van der Waals surface area contributed by atoms with Gasteiger partial charge in [0.1, 0.15) is 17.5 Å². The van der Waals surface area contributed by atoms with Crippen molar-refractivity contribution >= 4 is 29.5 Å². The quantitative estimate of drug-likeness (QED) is 0.166. The van der Waals surface area contributed by atoms with Crippen molar-refractivity contribution in [1.29, 1.82) is 5.26 Å². The maximum atomic E-state index is 13.5. The summed E-state index contributed by atoms with van der Waals surface area (Å²) in [4.78, 5) is 42.8. The number of aromatic nitrogens is 5. The van der Waals surface area contributed by atoms with Crippen molar-refractivity contribution in [2.24, 2.45) is 7.05 Å². The number of unbranched alkanes of at least 4 members (excludes halogenated alkanes) is 1. The summed E-state index contributed by atoms with van der Waals surface area (Å²) in [6, 6.07) is 15.8. The van der Waals surface area contributed by atoms with E-state index in [1.165, 1.54) is 0 Å². The van der Waals surface area contributed by atoms with Gasteiger partial charge in [-0.05, 0) is 43.4 Å². The molecule has 0 radical (unpaired) electrons. The normalized spacial score (nSPS) is 13.6. The van der Waals surface area contributed by atoms with Crippen LogP contribution >= 0.6 is 0 Å². The van der Waals surface area contributed by atoms with Gasteiger partial charge in [0.2, 0.25) is 11.9 Å². The Morgan fingerprint density at radius 2 is 1.92 bits per heavy atom. The predicted molar refractivity (Wildman–Crippen MR) is 185 cm³/mol. The monoisotopic (exact) mass is 649 g/mol. The summed E-state index contributed by atoms with van der Waals surface area (Å²) in [5.74, 6) is 1.59. The molecule has 0 bridgehead atoms. The summed E-state index contributed by atoms with van der Waals surface area (Å²) in [5.41, 5.74) is 3.30. The molecule has 48 heavy (non-hydrogen) atoms. The second kappa shape index (κ2) is 16.9. The Hall–Kier alpha value is -5.51. The molecule has 250 valence electrons. The molecule has 4 heterocycles. The maximum Gasteiger partial charge on any atom is 0.323 e. The lowest BCUT2D eigenvalue weighted by Gasteiger charge is -2.24. The van der Waals surface area contributed by atoms with Crippen molar-refractivity contribution in [1.82, 2.24) is 35.4 Å². The van der Waals surface area contributed by atoms with E-state index < -0.39 is 0 Å². The lowest BCUT2D eigenvalue weighted by atomic mass is 10.0. The average Bonchev–Trinajstić information content (AvgIpc) is 3.43. The molecule has 5 rings (SSSR count). The first kappa shape index (κ1) is 33.8. The Bertz CT molecular complexity index is 1680. The number of anilines is 3. The Balaban J connectivity index is 1.23. The van der Waals surface area contributed by atoms with Crippen LogP contribution in [0.2, 0.25) is 0 Å². The topological polar surface area (TPSA) is 157 Å². The maximum absolute atomic E-state index is 13.5. The molecule has 1 aliphatic rings. The number of hydrogen-bond donors (Lipinski definition) is 3. The Labute approximate surface area is 281 Å². The Morgan fingerprint density at radius 3 is 2.65 bits per heavy atom. The highest BCUT2D eigenvalue weighted by Crippen LogP contribution is 2.23. The summed E-state index contributed by atoms with van der Waals surface area (Å²) in [6.45, 7) is 4.62. The van der Waals surface area contributed by atoms with Gasteiger partial charge in [-0.3, -0.25) is 14.4 Å². The highest BCUT2D eigenvalue weighted by Gasteiger charge is 2.21. The van der Waals surface area contributed by atoms with Crippen LogP contribution in [0, 0.1) is 11.3 Å². The number of benzene rings is 1. The molecule has 13 nitrogen and oxygen atoms in total. The molecule has 0 saturated carbocycles. The number of aryl methyl sites for hydroxylation is 1. The third-order valence-electron chi connectivity index (χ3n) is 8.25. The molecule has 1 aromatic carbocycles. The van der Waals surface area contributed by atoms with Gasteiger partial charge in [0.25, 0.3) is 0 Å². The van der Waals surface area contributed by atoms with Crippen molar-refractivity contribution in [3.05, 3.63) is 78.4 Å². The zero-order chi connectivity index (χ0) is 33.7. The summed E-state index contributed by atoms with van der Waals surface area (Å²) in [5, 5.41) is 23.3. The van der Waals surface area contributed by atoms with Crippen molar-refractivity contribution in [2.75, 3.05) is 41.3 Å². The van der Waals surface area contributed by atoms with Gasteiger partial charge in [0, 0.05) is 75.8 Å². The molecule has 3 aromatic heterocycles. The van der Waals surface area contributed by atoms with Crippen LogP contribution in [0.15, 0.2) is 67.3 Å². The third-order valence-corrected chi connectivity index (χ3v) is 8.25. The predicted octanol–water partition coefficient (Wildman–Crippen LogP) is 4.64. The fourth-order valence-corrected chi connectivity index (χ4v) is 5.70. The SMILES string of the molecule is CCCC(CCCCN(C(=O)NCc1ccccc1)c1ccc(-c2cnn(C)c2)cn1)Nc1ncc(C#N)c(N2CCNC(=O)CC2)n1. The summed E-state index contributed by atoms with van der Waals surface area (Å²) < 4.78 is 1.75. The van der Waals surface area contributed by atoms with E-state index in [2.05, 4.69) is 44.0 Å². The minimum Gasteiger partial charge on any atom is -0.354 e. The number of carbonyl (C=O) groups excluding carboxylic acids is 2. The van der Waals surface area contributed by atoms with Crippen LogP contribution in [-0.2, 0) is 18.4 Å². The van der Waals surface area contributed by atoms with E-state index in [9.17, 15) is 14.9 Å². The number of nitrogens with one attached hydrogen (secondary N) is 3. The van der Waals surface area contributed by atoms with Crippen LogP contribution in [-0.4, -0.2) is 68.9 Å². The molecule has 13 heteroatoms. The van der Waals surface area contributed by atoms with Gasteiger partial charge in [-0.25, -0.2) is 14.8 Å². The van der Waals surface area contributed by atoms with E-state index in [0.29, 0.717) is 62.3 Å². The van der Waals surface area contributed by atoms with Gasteiger partial charge >= 0.3 is 6.03 Å². The molecule has 1 aliphatic heterocycles. The Kier molecular flexibility index (Phi) is 11.9. The molecule has 0 spiro atoms. The molecule has 4 aromatic rings. The third kappa shape index (κ3) is 9.28. The molecular formula is C35H43N11O2. The van der Waals surface area contributed by atoms with Crippen LogP contribution in [0.5, 0.6) is 0 Å². The van der Waals surface area contributed by atoms with Crippen LogP contribution in [0.3, 0.4) is 0 Å². The number of carbonyl (C=O) groups is 2. The van der Waals surface area contributed by atoms with Crippen LogP contribution in [0.1, 0.15) is 56.6 Å². The van der Waals surface area contributed by atoms with E-state index in [0.717, 1.165) is 48.8 Å². The lowest BCUT2D eigenvalue weighted by Crippen LogP contribution is -2.41. The number of nitrogens with zero attached hydrogens (tertiary/aromatic N) is 8. The fourth-order valence-electron chi connectivity index (χ4n) is 5.70. The van der Waals surface area contributed by atoms with Gasteiger partial charge in [-0.15, -0.1) is 0 Å². The molecule has 1 fully saturated rings. The van der Waals surface area contributed by atoms with Crippen LogP contribution < -0.4 is 25.8 Å². The van der Waals surface area contributed by atoms with Gasteiger partial charge in [0.05, 0.1) is 12.4 Å². The van der Waals surface area contributed by atoms with E-state index in [1.807, 2.05) is 60.6 Å². The summed E-state index contributed by atoms with van der Waals surface area (Å²) in [7, 11) is 1.87. The first-order chi connectivity index (χ1) is 23.4. The van der Waals surface area contributed by atoms with Crippen LogP contribution in [0.4, 0.5) is 22.4 Å². The zero-order valence-corrected chi connectivity index (χ0v) is 27.6. The first-order valence-corrected chi connectivity index (χ1v) is 16.5. The molecular weight excluding hydrogens is 606 g/mol. The number of rotatable bonds is 14. The fraction of sp³-hybridized carbons (Fsp3) is 0.400. The van der Waals surface area contributed by atoms with Gasteiger partial charge < -0.3 is 20.9 Å². The molecule has 1 saturated heterocycles. The lowest BCUT2D eigenvalue weighted by molar-refractivity contribution is -0.120. The van der Waals surface area contributed by atoms with Crippen molar-refractivity contribution in [3.8, 4) is 17.2 Å². The number of urea groups is 1. The molecule has 3 amide bonds. The van der Waals surface area contributed by atoms with Gasteiger partial charge in [-0.1, -0.05) is 43.7 Å². The second-order valence-corrected chi connectivity index (χ2v) is 11.9. The van der Waals surface area contributed by atoms with Crippen molar-refractivity contribution in [2.45, 2.75) is 58.0 Å². The number of hydrogen-bond acceptors (Lipinski definition) is 9. The van der Waals surface area contributed by atoms with Crippen molar-refractivity contribution < 1.29 is 9.59 Å².